The highest BCUT2D eigenvalue weighted by Crippen LogP contribution is 2.46. The van der Waals surface area contributed by atoms with Crippen molar-refractivity contribution >= 4 is 5.97 Å². The Balaban J connectivity index is 2.51. The first-order valence-corrected chi connectivity index (χ1v) is 6.52. The van der Waals surface area contributed by atoms with E-state index in [4.69, 9.17) is 4.74 Å². The van der Waals surface area contributed by atoms with Crippen molar-refractivity contribution in [2.24, 2.45) is 11.8 Å². The van der Waals surface area contributed by atoms with Crippen LogP contribution in [0.1, 0.15) is 31.4 Å². The van der Waals surface area contributed by atoms with E-state index in [0.717, 1.165) is 5.56 Å². The Hall–Kier alpha value is -1.55. The van der Waals surface area contributed by atoms with Gasteiger partial charge in [0.15, 0.2) is 0 Å². The Kier molecular flexibility index (Phi) is 3.54. The summed E-state index contributed by atoms with van der Waals surface area (Å²) in [6.45, 7) is 3.66. The summed E-state index contributed by atoms with van der Waals surface area (Å²) in [4.78, 5) is 11.5. The van der Waals surface area contributed by atoms with E-state index in [2.05, 4.69) is 0 Å². The lowest BCUT2D eigenvalue weighted by Gasteiger charge is -2.33. The van der Waals surface area contributed by atoms with Gasteiger partial charge < -0.3 is 14.9 Å². The van der Waals surface area contributed by atoms with Crippen LogP contribution in [-0.4, -0.2) is 23.3 Å². The number of fused-ring (bicyclic) bond motifs is 1. The summed E-state index contributed by atoms with van der Waals surface area (Å²) in [5.74, 6) is -1.25. The molecular weight excluding hydrogens is 244 g/mol. The molecule has 0 heterocycles. The normalized spacial score (nSPS) is 23.2. The largest absolute Gasteiger partial charge is 0.497 e. The monoisotopic (exact) mass is 264 g/mol. The summed E-state index contributed by atoms with van der Waals surface area (Å²) < 4.78 is 5.17. The van der Waals surface area contributed by atoms with Gasteiger partial charge in [-0.3, -0.25) is 4.79 Å². The van der Waals surface area contributed by atoms with Gasteiger partial charge in [-0.25, -0.2) is 0 Å². The minimum atomic E-state index is -1.30. The predicted octanol–water partition coefficient (Wildman–Crippen LogP) is 2.19. The van der Waals surface area contributed by atoms with Crippen molar-refractivity contribution in [3.05, 3.63) is 29.3 Å². The first kappa shape index (κ1) is 13.9. The van der Waals surface area contributed by atoms with E-state index >= 15 is 0 Å². The highest BCUT2D eigenvalue weighted by Gasteiger charge is 2.48. The van der Waals surface area contributed by atoms with E-state index in [-0.39, 0.29) is 5.92 Å². The van der Waals surface area contributed by atoms with Gasteiger partial charge in [0.1, 0.15) is 11.4 Å². The molecule has 1 aromatic carbocycles. The van der Waals surface area contributed by atoms with Crippen molar-refractivity contribution < 1.29 is 19.7 Å². The molecule has 104 valence electrons. The number of ether oxygens (including phenoxy) is 1. The van der Waals surface area contributed by atoms with E-state index in [1.807, 2.05) is 26.0 Å². The van der Waals surface area contributed by atoms with Gasteiger partial charge in [-0.1, -0.05) is 19.9 Å². The SMILES string of the molecule is COc1ccc2c(c1)C(O)(C(C(=O)O)C(C)C)CC2. The maximum Gasteiger partial charge on any atom is 0.310 e. The van der Waals surface area contributed by atoms with Crippen molar-refractivity contribution in [1.29, 1.82) is 0 Å². The fourth-order valence-electron chi connectivity index (χ4n) is 3.13. The third-order valence-electron chi connectivity index (χ3n) is 4.01. The van der Waals surface area contributed by atoms with Crippen LogP contribution < -0.4 is 4.74 Å². The van der Waals surface area contributed by atoms with Gasteiger partial charge in [0.25, 0.3) is 0 Å². The molecule has 0 radical (unpaired) electrons. The molecule has 2 atom stereocenters. The summed E-state index contributed by atoms with van der Waals surface area (Å²) in [5.41, 5.74) is 0.410. The number of aryl methyl sites for hydroxylation is 1. The summed E-state index contributed by atoms with van der Waals surface area (Å²) in [6, 6.07) is 5.52. The highest BCUT2D eigenvalue weighted by atomic mass is 16.5. The molecule has 19 heavy (non-hydrogen) atoms. The Morgan fingerprint density at radius 2 is 2.11 bits per heavy atom. The molecule has 0 aromatic heterocycles. The standard InChI is InChI=1S/C15H20O4/c1-9(2)13(14(16)17)15(18)7-6-10-4-5-11(19-3)8-12(10)15/h4-5,8-9,13,18H,6-7H2,1-3H3,(H,16,17). The lowest BCUT2D eigenvalue weighted by Crippen LogP contribution is -2.41. The minimum absolute atomic E-state index is 0.139. The summed E-state index contributed by atoms with van der Waals surface area (Å²) in [7, 11) is 1.56. The fourth-order valence-corrected chi connectivity index (χ4v) is 3.13. The van der Waals surface area contributed by atoms with Crippen molar-refractivity contribution in [3.8, 4) is 5.75 Å². The van der Waals surface area contributed by atoms with Crippen molar-refractivity contribution in [1.82, 2.24) is 0 Å². The maximum absolute atomic E-state index is 11.5. The van der Waals surface area contributed by atoms with E-state index in [9.17, 15) is 15.0 Å². The molecule has 4 heteroatoms. The van der Waals surface area contributed by atoms with Gasteiger partial charge in [-0.15, -0.1) is 0 Å². The number of aliphatic hydroxyl groups is 1. The van der Waals surface area contributed by atoms with Crippen LogP contribution in [0, 0.1) is 11.8 Å². The molecule has 1 aliphatic rings. The topological polar surface area (TPSA) is 66.8 Å². The minimum Gasteiger partial charge on any atom is -0.497 e. The quantitative estimate of drug-likeness (QED) is 0.874. The molecule has 0 spiro atoms. The maximum atomic E-state index is 11.5. The molecule has 0 fully saturated rings. The summed E-state index contributed by atoms with van der Waals surface area (Å²) in [6.07, 6.45) is 1.15. The zero-order valence-electron chi connectivity index (χ0n) is 11.5. The van der Waals surface area contributed by atoms with Crippen LogP contribution in [-0.2, 0) is 16.8 Å². The van der Waals surface area contributed by atoms with Gasteiger partial charge >= 0.3 is 5.97 Å². The number of benzene rings is 1. The number of rotatable bonds is 4. The van der Waals surface area contributed by atoms with Crippen molar-refractivity contribution in [2.45, 2.75) is 32.3 Å². The van der Waals surface area contributed by atoms with Crippen molar-refractivity contribution in [2.75, 3.05) is 7.11 Å². The van der Waals surface area contributed by atoms with E-state index in [1.165, 1.54) is 0 Å². The molecule has 0 aliphatic heterocycles. The molecule has 2 rings (SSSR count). The number of carboxylic acid groups (broad SMARTS) is 1. The number of carbonyl (C=O) groups is 1. The van der Waals surface area contributed by atoms with Crippen molar-refractivity contribution in [3.63, 3.8) is 0 Å². The van der Waals surface area contributed by atoms with Crippen LogP contribution >= 0.6 is 0 Å². The number of carboxylic acids is 1. The second-order valence-electron chi connectivity index (χ2n) is 5.51. The third-order valence-corrected chi connectivity index (χ3v) is 4.01. The first-order valence-electron chi connectivity index (χ1n) is 6.52. The molecule has 0 amide bonds. The van der Waals surface area contributed by atoms with E-state index < -0.39 is 17.5 Å². The molecule has 0 bridgehead atoms. The number of aliphatic carboxylic acids is 1. The molecule has 0 saturated carbocycles. The average Bonchev–Trinajstić information content (AvgIpc) is 2.66. The van der Waals surface area contributed by atoms with E-state index in [1.54, 1.807) is 13.2 Å². The molecular formula is C15H20O4. The second-order valence-corrected chi connectivity index (χ2v) is 5.51. The Bertz CT molecular complexity index is 495. The van der Waals surface area contributed by atoms with E-state index in [0.29, 0.717) is 24.2 Å². The van der Waals surface area contributed by atoms with Gasteiger partial charge in [0.2, 0.25) is 0 Å². The molecule has 4 nitrogen and oxygen atoms in total. The average molecular weight is 264 g/mol. The predicted molar refractivity (Wildman–Crippen MR) is 71.2 cm³/mol. The highest BCUT2D eigenvalue weighted by molar-refractivity contribution is 5.73. The summed E-state index contributed by atoms with van der Waals surface area (Å²) in [5, 5.41) is 20.4. The van der Waals surface area contributed by atoms with Gasteiger partial charge in [-0.2, -0.15) is 0 Å². The third kappa shape index (κ3) is 2.21. The Morgan fingerprint density at radius 1 is 1.42 bits per heavy atom. The van der Waals surface area contributed by atoms with Gasteiger partial charge in [0.05, 0.1) is 13.0 Å². The second kappa shape index (κ2) is 4.85. The molecule has 1 aliphatic carbocycles. The van der Waals surface area contributed by atoms with Crippen LogP contribution in [0.5, 0.6) is 5.75 Å². The van der Waals surface area contributed by atoms with Crippen LogP contribution in [0.2, 0.25) is 0 Å². The smallest absolute Gasteiger partial charge is 0.310 e. The Labute approximate surface area is 113 Å². The zero-order chi connectivity index (χ0) is 14.2. The van der Waals surface area contributed by atoms with Crippen LogP contribution in [0.15, 0.2) is 18.2 Å². The molecule has 2 N–H and O–H groups in total. The fraction of sp³-hybridized carbons (Fsp3) is 0.533. The van der Waals surface area contributed by atoms with Crippen LogP contribution in [0.3, 0.4) is 0 Å². The first-order chi connectivity index (χ1) is 8.90. The number of methoxy groups -OCH3 is 1. The van der Waals surface area contributed by atoms with Crippen LogP contribution in [0.4, 0.5) is 0 Å². The van der Waals surface area contributed by atoms with Crippen LogP contribution in [0.25, 0.3) is 0 Å². The molecule has 0 saturated heterocycles. The lowest BCUT2D eigenvalue weighted by atomic mass is 9.76. The molecule has 1 aromatic rings. The lowest BCUT2D eigenvalue weighted by molar-refractivity contribution is -0.156. The Morgan fingerprint density at radius 3 is 2.63 bits per heavy atom. The van der Waals surface area contributed by atoms with Gasteiger partial charge in [-0.05, 0) is 42.0 Å². The zero-order valence-corrected chi connectivity index (χ0v) is 11.5. The number of hydrogen-bond donors (Lipinski definition) is 2. The number of hydrogen-bond acceptors (Lipinski definition) is 3. The summed E-state index contributed by atoms with van der Waals surface area (Å²) >= 11 is 0. The molecule has 2 unspecified atom stereocenters. The van der Waals surface area contributed by atoms with Gasteiger partial charge in [0, 0.05) is 0 Å².